The second-order valence-corrected chi connectivity index (χ2v) is 6.61. The standard InChI is InChI=1S/C13H14BrN3O2S/c14-8-1-3-10(4-2-8)20-7-12-16-13(19-17-12)11-5-9(18)6-15-11/h1-4,9,11,15,18H,5-7H2/t9-,11+/m0/s1. The molecular weight excluding hydrogens is 342 g/mol. The summed E-state index contributed by atoms with van der Waals surface area (Å²) in [5.41, 5.74) is 0. The van der Waals surface area contributed by atoms with Crippen LogP contribution in [0.5, 0.6) is 0 Å². The predicted octanol–water partition coefficient (Wildman–Crippen LogP) is 2.52. The molecule has 1 aromatic heterocycles. The topological polar surface area (TPSA) is 71.2 Å². The largest absolute Gasteiger partial charge is 0.392 e. The normalized spacial score (nSPS) is 22.3. The van der Waals surface area contributed by atoms with Gasteiger partial charge in [-0.3, -0.25) is 0 Å². The highest BCUT2D eigenvalue weighted by atomic mass is 79.9. The number of rotatable bonds is 4. The summed E-state index contributed by atoms with van der Waals surface area (Å²) >= 11 is 5.07. The summed E-state index contributed by atoms with van der Waals surface area (Å²) in [7, 11) is 0. The first kappa shape index (κ1) is 14.1. The number of halogens is 1. The van der Waals surface area contributed by atoms with E-state index in [2.05, 4.69) is 31.4 Å². The van der Waals surface area contributed by atoms with Crippen LogP contribution in [0.4, 0.5) is 0 Å². The Balaban J connectivity index is 1.58. The van der Waals surface area contributed by atoms with Gasteiger partial charge < -0.3 is 14.9 Å². The highest BCUT2D eigenvalue weighted by Gasteiger charge is 2.27. The molecule has 2 aromatic rings. The summed E-state index contributed by atoms with van der Waals surface area (Å²) in [6.45, 7) is 0.579. The van der Waals surface area contributed by atoms with Gasteiger partial charge in [0.15, 0.2) is 5.82 Å². The molecule has 0 bridgehead atoms. The van der Waals surface area contributed by atoms with Crippen LogP contribution in [0.25, 0.3) is 0 Å². The van der Waals surface area contributed by atoms with Crippen LogP contribution in [-0.2, 0) is 5.75 Å². The van der Waals surface area contributed by atoms with E-state index in [0.717, 1.165) is 9.37 Å². The Labute approximate surface area is 129 Å². The van der Waals surface area contributed by atoms with Gasteiger partial charge in [-0.1, -0.05) is 21.1 Å². The van der Waals surface area contributed by atoms with Crippen LogP contribution in [0, 0.1) is 0 Å². The maximum absolute atomic E-state index is 9.48. The zero-order valence-electron chi connectivity index (χ0n) is 10.6. The third kappa shape index (κ3) is 3.41. The van der Waals surface area contributed by atoms with E-state index in [1.807, 2.05) is 24.3 Å². The van der Waals surface area contributed by atoms with Crippen LogP contribution in [0.3, 0.4) is 0 Å². The molecule has 106 valence electrons. The monoisotopic (exact) mass is 355 g/mol. The zero-order valence-corrected chi connectivity index (χ0v) is 13.0. The van der Waals surface area contributed by atoms with Gasteiger partial charge in [0, 0.05) is 15.9 Å². The minimum Gasteiger partial charge on any atom is -0.392 e. The van der Waals surface area contributed by atoms with Gasteiger partial charge in [-0.25, -0.2) is 0 Å². The van der Waals surface area contributed by atoms with Crippen molar-refractivity contribution >= 4 is 27.7 Å². The van der Waals surface area contributed by atoms with E-state index in [-0.39, 0.29) is 12.1 Å². The molecule has 0 unspecified atom stereocenters. The van der Waals surface area contributed by atoms with E-state index in [1.54, 1.807) is 11.8 Å². The number of hydrogen-bond donors (Lipinski definition) is 2. The van der Waals surface area contributed by atoms with Crippen LogP contribution in [0.1, 0.15) is 24.2 Å². The zero-order chi connectivity index (χ0) is 13.9. The average Bonchev–Trinajstić information content (AvgIpc) is 3.07. The van der Waals surface area contributed by atoms with Crippen LogP contribution in [0.2, 0.25) is 0 Å². The van der Waals surface area contributed by atoms with Crippen LogP contribution < -0.4 is 5.32 Å². The molecule has 1 saturated heterocycles. The third-order valence-electron chi connectivity index (χ3n) is 3.07. The lowest BCUT2D eigenvalue weighted by atomic mass is 10.2. The first-order valence-corrected chi connectivity index (χ1v) is 8.11. The molecule has 20 heavy (non-hydrogen) atoms. The fourth-order valence-corrected chi connectivity index (χ4v) is 3.06. The van der Waals surface area contributed by atoms with Gasteiger partial charge in [0.2, 0.25) is 5.89 Å². The fraction of sp³-hybridized carbons (Fsp3) is 0.385. The van der Waals surface area contributed by atoms with Crippen molar-refractivity contribution < 1.29 is 9.63 Å². The number of nitrogens with one attached hydrogen (secondary N) is 1. The molecule has 2 atom stereocenters. The molecule has 1 aliphatic heterocycles. The Morgan fingerprint density at radius 2 is 2.20 bits per heavy atom. The molecule has 2 N–H and O–H groups in total. The number of nitrogens with zero attached hydrogens (tertiary/aromatic N) is 2. The van der Waals surface area contributed by atoms with Gasteiger partial charge in [-0.2, -0.15) is 4.98 Å². The van der Waals surface area contributed by atoms with Crippen LogP contribution >= 0.6 is 27.7 Å². The van der Waals surface area contributed by atoms with E-state index in [1.165, 1.54) is 0 Å². The molecule has 0 saturated carbocycles. The van der Waals surface area contributed by atoms with Crippen molar-refractivity contribution in [3.05, 3.63) is 40.5 Å². The molecule has 2 heterocycles. The van der Waals surface area contributed by atoms with E-state index < -0.39 is 0 Å². The number of aliphatic hydroxyl groups excluding tert-OH is 1. The SMILES string of the molecule is O[C@@H]1CN[C@@H](c2nc(CSc3ccc(Br)cc3)no2)C1. The van der Waals surface area contributed by atoms with Gasteiger partial charge in [-0.05, 0) is 30.7 Å². The number of benzene rings is 1. The smallest absolute Gasteiger partial charge is 0.243 e. The van der Waals surface area contributed by atoms with E-state index in [9.17, 15) is 5.11 Å². The first-order chi connectivity index (χ1) is 9.70. The highest BCUT2D eigenvalue weighted by Crippen LogP contribution is 2.25. The fourth-order valence-electron chi connectivity index (χ4n) is 2.05. The predicted molar refractivity (Wildman–Crippen MR) is 79.4 cm³/mol. The molecule has 0 aliphatic carbocycles. The molecule has 1 fully saturated rings. The van der Waals surface area contributed by atoms with Gasteiger partial charge in [-0.15, -0.1) is 11.8 Å². The quantitative estimate of drug-likeness (QED) is 0.821. The first-order valence-electron chi connectivity index (χ1n) is 6.33. The number of aliphatic hydroxyl groups is 1. The van der Waals surface area contributed by atoms with Crippen molar-refractivity contribution in [3.63, 3.8) is 0 Å². The van der Waals surface area contributed by atoms with Crippen LogP contribution in [0.15, 0.2) is 38.2 Å². The second-order valence-electron chi connectivity index (χ2n) is 4.64. The maximum Gasteiger partial charge on any atom is 0.243 e. The van der Waals surface area contributed by atoms with Crippen molar-refractivity contribution in [1.82, 2.24) is 15.5 Å². The molecule has 0 amide bonds. The third-order valence-corrected chi connectivity index (χ3v) is 4.61. The Hall–Kier alpha value is -0.890. The van der Waals surface area contributed by atoms with E-state index >= 15 is 0 Å². The highest BCUT2D eigenvalue weighted by molar-refractivity contribution is 9.10. The molecule has 0 spiro atoms. The van der Waals surface area contributed by atoms with Crippen molar-refractivity contribution in [2.24, 2.45) is 0 Å². The Morgan fingerprint density at radius 3 is 2.90 bits per heavy atom. The van der Waals surface area contributed by atoms with Gasteiger partial charge in [0.05, 0.1) is 17.9 Å². The van der Waals surface area contributed by atoms with Crippen molar-refractivity contribution in [3.8, 4) is 0 Å². The molecule has 3 rings (SSSR count). The number of hydrogen-bond acceptors (Lipinski definition) is 6. The summed E-state index contributed by atoms with van der Waals surface area (Å²) in [6, 6.07) is 8.08. The number of thioether (sulfide) groups is 1. The van der Waals surface area contributed by atoms with Gasteiger partial charge in [0.25, 0.3) is 0 Å². The van der Waals surface area contributed by atoms with Crippen molar-refractivity contribution in [2.45, 2.75) is 29.2 Å². The molecular formula is C13H14BrN3O2S. The van der Waals surface area contributed by atoms with E-state index in [0.29, 0.717) is 30.4 Å². The second kappa shape index (κ2) is 6.26. The van der Waals surface area contributed by atoms with Crippen molar-refractivity contribution in [1.29, 1.82) is 0 Å². The molecule has 1 aromatic carbocycles. The van der Waals surface area contributed by atoms with Crippen LogP contribution in [-0.4, -0.2) is 27.9 Å². The molecule has 1 aliphatic rings. The molecule has 7 heteroatoms. The summed E-state index contributed by atoms with van der Waals surface area (Å²) < 4.78 is 6.31. The maximum atomic E-state index is 9.48. The average molecular weight is 356 g/mol. The van der Waals surface area contributed by atoms with Crippen molar-refractivity contribution in [2.75, 3.05) is 6.54 Å². The van der Waals surface area contributed by atoms with Gasteiger partial charge >= 0.3 is 0 Å². The molecule has 0 radical (unpaired) electrons. The Morgan fingerprint density at radius 1 is 1.40 bits per heavy atom. The number of aromatic nitrogens is 2. The Bertz CT molecular complexity index is 575. The summed E-state index contributed by atoms with van der Waals surface area (Å²) in [5, 5.41) is 16.6. The lowest BCUT2D eigenvalue weighted by Crippen LogP contribution is -2.15. The minimum atomic E-state index is -0.326. The van der Waals surface area contributed by atoms with Gasteiger partial charge in [0.1, 0.15) is 0 Å². The Kier molecular flexibility index (Phi) is 4.40. The number of β-amino-alcohol motifs (C(OH)–C–C–N with tert-alkyl or cyclic N) is 1. The molecule has 5 nitrogen and oxygen atoms in total. The lowest BCUT2D eigenvalue weighted by Gasteiger charge is -2.01. The van der Waals surface area contributed by atoms with E-state index in [4.69, 9.17) is 4.52 Å². The summed E-state index contributed by atoms with van der Waals surface area (Å²) in [5.74, 6) is 1.91. The lowest BCUT2D eigenvalue weighted by molar-refractivity contribution is 0.191. The summed E-state index contributed by atoms with van der Waals surface area (Å²) in [4.78, 5) is 5.54. The summed E-state index contributed by atoms with van der Waals surface area (Å²) in [6.07, 6.45) is 0.300. The minimum absolute atomic E-state index is 0.0241.